The van der Waals surface area contributed by atoms with Crippen LogP contribution in [0.3, 0.4) is 0 Å². The minimum Gasteiger partial charge on any atom is -0.469 e. The van der Waals surface area contributed by atoms with Crippen LogP contribution in [0.2, 0.25) is 0 Å². The van der Waals surface area contributed by atoms with E-state index in [2.05, 4.69) is 16.7 Å². The van der Waals surface area contributed by atoms with Crippen LogP contribution in [-0.4, -0.2) is 73.0 Å². The normalized spacial score (nSPS) is 18.5. The van der Waals surface area contributed by atoms with Crippen molar-refractivity contribution in [2.45, 2.75) is 18.6 Å². The van der Waals surface area contributed by atoms with Crippen LogP contribution in [0, 0.1) is 0 Å². The molecule has 0 aromatic heterocycles. The fourth-order valence-electron chi connectivity index (χ4n) is 1.74. The van der Waals surface area contributed by atoms with E-state index in [1.54, 1.807) is 0 Å². The Bertz CT molecular complexity index is 291. The van der Waals surface area contributed by atoms with E-state index in [0.29, 0.717) is 12.2 Å². The minimum absolute atomic E-state index is 0.119. The van der Waals surface area contributed by atoms with E-state index in [9.17, 15) is 9.59 Å². The van der Waals surface area contributed by atoms with Gasteiger partial charge in [-0.3, -0.25) is 9.59 Å². The maximum atomic E-state index is 11.9. The average molecular weight is 274 g/mol. The van der Waals surface area contributed by atoms with E-state index >= 15 is 0 Å². The molecule has 18 heavy (non-hydrogen) atoms. The Morgan fingerprint density at radius 2 is 1.89 bits per heavy atom. The summed E-state index contributed by atoms with van der Waals surface area (Å²) in [5, 5.41) is 0.119. The Morgan fingerprint density at radius 3 is 2.44 bits per heavy atom. The highest BCUT2D eigenvalue weighted by molar-refractivity contribution is 8.00. The molecular weight excluding hydrogens is 252 g/mol. The number of hydrogen-bond donors (Lipinski definition) is 0. The van der Waals surface area contributed by atoms with Gasteiger partial charge in [0.2, 0.25) is 5.91 Å². The van der Waals surface area contributed by atoms with Crippen LogP contribution in [0.25, 0.3) is 0 Å². The maximum Gasteiger partial charge on any atom is 0.306 e. The Labute approximate surface area is 113 Å². The molecular formula is C12H22N2O3S. The Kier molecular flexibility index (Phi) is 6.49. The third-order valence-electron chi connectivity index (χ3n) is 3.03. The van der Waals surface area contributed by atoms with Gasteiger partial charge in [0.1, 0.15) is 0 Å². The molecule has 1 amide bonds. The highest BCUT2D eigenvalue weighted by Crippen LogP contribution is 2.15. The largest absolute Gasteiger partial charge is 0.469 e. The van der Waals surface area contributed by atoms with Crippen molar-refractivity contribution in [2.24, 2.45) is 0 Å². The van der Waals surface area contributed by atoms with Gasteiger partial charge >= 0.3 is 5.97 Å². The van der Waals surface area contributed by atoms with Gasteiger partial charge in [0.05, 0.1) is 19.3 Å². The van der Waals surface area contributed by atoms with E-state index in [4.69, 9.17) is 0 Å². The number of rotatable bonds is 5. The fourth-order valence-corrected chi connectivity index (χ4v) is 2.60. The number of piperazine rings is 1. The van der Waals surface area contributed by atoms with Gasteiger partial charge in [-0.15, -0.1) is 11.8 Å². The van der Waals surface area contributed by atoms with Gasteiger partial charge in [-0.05, 0) is 7.05 Å². The van der Waals surface area contributed by atoms with Crippen LogP contribution in [0.15, 0.2) is 0 Å². The van der Waals surface area contributed by atoms with Crippen molar-refractivity contribution in [3.8, 4) is 0 Å². The van der Waals surface area contributed by atoms with E-state index in [1.165, 1.54) is 18.9 Å². The smallest absolute Gasteiger partial charge is 0.306 e. The quantitative estimate of drug-likeness (QED) is 0.681. The van der Waals surface area contributed by atoms with E-state index in [0.717, 1.165) is 26.2 Å². The lowest BCUT2D eigenvalue weighted by molar-refractivity contribution is -0.140. The van der Waals surface area contributed by atoms with E-state index < -0.39 is 0 Å². The van der Waals surface area contributed by atoms with Crippen molar-refractivity contribution in [2.75, 3.05) is 46.1 Å². The number of carbonyl (C=O) groups is 2. The van der Waals surface area contributed by atoms with Gasteiger partial charge in [0.25, 0.3) is 0 Å². The molecule has 0 bridgehead atoms. The summed E-state index contributed by atoms with van der Waals surface area (Å²) in [6.07, 6.45) is 0.358. The van der Waals surface area contributed by atoms with Crippen molar-refractivity contribution in [3.05, 3.63) is 0 Å². The van der Waals surface area contributed by atoms with Crippen molar-refractivity contribution < 1.29 is 14.3 Å². The molecule has 0 radical (unpaired) electrons. The lowest BCUT2D eigenvalue weighted by atomic mass is 10.3. The molecule has 0 saturated carbocycles. The second-order valence-electron chi connectivity index (χ2n) is 4.59. The predicted molar refractivity (Wildman–Crippen MR) is 72.6 cm³/mol. The molecule has 6 heteroatoms. The summed E-state index contributed by atoms with van der Waals surface area (Å²) in [6, 6.07) is 0. The fraction of sp³-hybridized carbons (Fsp3) is 0.833. The van der Waals surface area contributed by atoms with Crippen LogP contribution in [0.4, 0.5) is 0 Å². The zero-order valence-corrected chi connectivity index (χ0v) is 12.2. The molecule has 1 rings (SSSR count). The molecule has 1 aliphatic rings. The van der Waals surface area contributed by atoms with Gasteiger partial charge in [-0.2, -0.15) is 0 Å². The first kappa shape index (κ1) is 15.3. The molecule has 1 aliphatic heterocycles. The summed E-state index contributed by atoms with van der Waals surface area (Å²) in [6.45, 7) is 5.43. The van der Waals surface area contributed by atoms with Crippen LogP contribution >= 0.6 is 11.8 Å². The molecule has 0 spiro atoms. The highest BCUT2D eigenvalue weighted by atomic mass is 32.2. The molecule has 0 aromatic rings. The monoisotopic (exact) mass is 274 g/mol. The molecule has 104 valence electrons. The topological polar surface area (TPSA) is 49.9 Å². The molecule has 0 N–H and O–H groups in total. The zero-order valence-electron chi connectivity index (χ0n) is 11.3. The molecule has 1 atom stereocenters. The third kappa shape index (κ3) is 5.27. The van der Waals surface area contributed by atoms with Crippen molar-refractivity contribution in [1.82, 2.24) is 9.80 Å². The molecule has 1 saturated heterocycles. The Hall–Kier alpha value is -0.750. The Morgan fingerprint density at radius 1 is 1.28 bits per heavy atom. The second kappa shape index (κ2) is 7.63. The molecule has 1 fully saturated rings. The number of esters is 1. The number of methoxy groups -OCH3 is 1. The summed E-state index contributed by atoms with van der Waals surface area (Å²) in [5.74, 6) is 0.397. The standard InChI is InChI=1S/C12H22N2O3S/c1-10(8-12(16)17-3)18-9-11(15)14-6-4-13(2)5-7-14/h10H,4-9H2,1-3H3. The molecule has 1 unspecified atom stereocenters. The van der Waals surface area contributed by atoms with E-state index in [-0.39, 0.29) is 17.1 Å². The molecule has 1 heterocycles. The first-order valence-electron chi connectivity index (χ1n) is 6.17. The van der Waals surface area contributed by atoms with Gasteiger partial charge in [-0.25, -0.2) is 0 Å². The number of nitrogens with zero attached hydrogens (tertiary/aromatic N) is 2. The lowest BCUT2D eigenvalue weighted by Crippen LogP contribution is -2.47. The van der Waals surface area contributed by atoms with Gasteiger partial charge in [-0.1, -0.05) is 6.92 Å². The number of likely N-dealkylation sites (N-methyl/N-ethyl adjacent to an activating group) is 1. The van der Waals surface area contributed by atoms with Gasteiger partial charge in [0, 0.05) is 31.4 Å². The predicted octanol–water partition coefficient (Wildman–Crippen LogP) is 0.445. The van der Waals surface area contributed by atoms with Crippen molar-refractivity contribution >= 4 is 23.6 Å². The number of hydrogen-bond acceptors (Lipinski definition) is 5. The zero-order chi connectivity index (χ0) is 13.5. The molecule has 0 aliphatic carbocycles. The van der Waals surface area contributed by atoms with Crippen molar-refractivity contribution in [3.63, 3.8) is 0 Å². The number of thioether (sulfide) groups is 1. The molecule has 5 nitrogen and oxygen atoms in total. The van der Waals surface area contributed by atoms with E-state index in [1.807, 2.05) is 11.8 Å². The minimum atomic E-state index is -0.220. The van der Waals surface area contributed by atoms with Crippen molar-refractivity contribution in [1.29, 1.82) is 0 Å². The third-order valence-corrected chi connectivity index (χ3v) is 4.18. The van der Waals surface area contributed by atoms with Crippen LogP contribution in [-0.2, 0) is 14.3 Å². The summed E-state index contributed by atoms with van der Waals surface area (Å²) in [5.41, 5.74) is 0. The summed E-state index contributed by atoms with van der Waals surface area (Å²) in [4.78, 5) is 27.1. The van der Waals surface area contributed by atoms with Gasteiger partial charge in [0.15, 0.2) is 0 Å². The van der Waals surface area contributed by atoms with Crippen LogP contribution < -0.4 is 0 Å². The SMILES string of the molecule is COC(=O)CC(C)SCC(=O)N1CCN(C)CC1. The van der Waals surface area contributed by atoms with Crippen LogP contribution in [0.1, 0.15) is 13.3 Å². The average Bonchev–Trinajstić information content (AvgIpc) is 2.36. The lowest BCUT2D eigenvalue weighted by Gasteiger charge is -2.32. The summed E-state index contributed by atoms with van der Waals surface area (Å²) >= 11 is 1.52. The number of carbonyl (C=O) groups excluding carboxylic acids is 2. The second-order valence-corrected chi connectivity index (χ2v) is 6.01. The van der Waals surface area contributed by atoms with Gasteiger partial charge < -0.3 is 14.5 Å². The highest BCUT2D eigenvalue weighted by Gasteiger charge is 2.20. The summed E-state index contributed by atoms with van der Waals surface area (Å²) < 4.78 is 4.60. The number of ether oxygens (including phenoxy) is 1. The Balaban J connectivity index is 2.22. The van der Waals surface area contributed by atoms with Crippen LogP contribution in [0.5, 0.6) is 0 Å². The first-order valence-corrected chi connectivity index (χ1v) is 7.22. The molecule has 0 aromatic carbocycles. The first-order chi connectivity index (χ1) is 8.52. The summed E-state index contributed by atoms with van der Waals surface area (Å²) in [7, 11) is 3.45. The maximum absolute atomic E-state index is 11.9. The number of amides is 1.